The Labute approximate surface area is 128 Å². The van der Waals surface area contributed by atoms with Gasteiger partial charge in [-0.3, -0.25) is 0 Å². The van der Waals surface area contributed by atoms with Gasteiger partial charge < -0.3 is 19.5 Å². The molecule has 1 aliphatic rings. The highest BCUT2D eigenvalue weighted by atomic mass is 35.5. The van der Waals surface area contributed by atoms with Crippen molar-refractivity contribution in [2.45, 2.75) is 38.1 Å². The Hall–Kier alpha value is 0.130. The van der Waals surface area contributed by atoms with E-state index in [1.54, 1.807) is 7.11 Å². The van der Waals surface area contributed by atoms with Crippen LogP contribution in [0.15, 0.2) is 0 Å². The molecule has 0 amide bonds. The number of halogens is 1. The summed E-state index contributed by atoms with van der Waals surface area (Å²) in [7, 11) is 1.67. The van der Waals surface area contributed by atoms with E-state index in [9.17, 15) is 0 Å². The lowest BCUT2D eigenvalue weighted by Crippen LogP contribution is -2.51. The minimum absolute atomic E-state index is 0.123. The summed E-state index contributed by atoms with van der Waals surface area (Å²) in [6, 6.07) is 0. The number of ether oxygens (including phenoxy) is 3. The fourth-order valence-corrected chi connectivity index (χ4v) is 3.18. The predicted molar refractivity (Wildman–Crippen MR) is 82.6 cm³/mol. The van der Waals surface area contributed by atoms with Crippen LogP contribution in [-0.4, -0.2) is 58.1 Å². The summed E-state index contributed by atoms with van der Waals surface area (Å²) in [4.78, 5) is 0. The summed E-state index contributed by atoms with van der Waals surface area (Å²) >= 11 is 6.18. The highest BCUT2D eigenvalue weighted by Gasteiger charge is 2.33. The number of nitrogens with one attached hydrogen (secondary N) is 1. The Morgan fingerprint density at radius 2 is 1.85 bits per heavy atom. The average molecular weight is 308 g/mol. The normalized spacial score (nSPS) is 26.9. The summed E-state index contributed by atoms with van der Waals surface area (Å²) in [6.45, 7) is 6.41. The third-order valence-corrected chi connectivity index (χ3v) is 4.41. The minimum Gasteiger partial charge on any atom is -0.382 e. The van der Waals surface area contributed by atoms with Crippen LogP contribution in [0.25, 0.3) is 0 Å². The summed E-state index contributed by atoms with van der Waals surface area (Å²) in [6.07, 6.45) is 4.96. The number of alkyl halides is 1. The van der Waals surface area contributed by atoms with Gasteiger partial charge in [-0.25, -0.2) is 0 Å². The van der Waals surface area contributed by atoms with E-state index in [4.69, 9.17) is 25.8 Å². The Bertz CT molecular complexity index is 243. The maximum Gasteiger partial charge on any atom is 0.0701 e. The van der Waals surface area contributed by atoms with E-state index in [1.807, 2.05) is 0 Å². The van der Waals surface area contributed by atoms with Crippen LogP contribution in [0.2, 0.25) is 0 Å². The highest BCUT2D eigenvalue weighted by Crippen LogP contribution is 2.32. The molecule has 1 rings (SSSR count). The van der Waals surface area contributed by atoms with Gasteiger partial charge in [-0.1, -0.05) is 19.8 Å². The van der Waals surface area contributed by atoms with Crippen LogP contribution in [-0.2, 0) is 14.2 Å². The second kappa shape index (κ2) is 10.8. The van der Waals surface area contributed by atoms with Crippen molar-refractivity contribution in [1.29, 1.82) is 0 Å². The van der Waals surface area contributed by atoms with Crippen molar-refractivity contribution in [3.8, 4) is 0 Å². The maximum absolute atomic E-state index is 6.18. The molecule has 2 atom stereocenters. The predicted octanol–water partition coefficient (Wildman–Crippen LogP) is 2.44. The van der Waals surface area contributed by atoms with Gasteiger partial charge in [0.25, 0.3) is 0 Å². The first-order chi connectivity index (χ1) is 9.72. The zero-order valence-electron chi connectivity index (χ0n) is 13.0. The van der Waals surface area contributed by atoms with Gasteiger partial charge in [0.15, 0.2) is 0 Å². The van der Waals surface area contributed by atoms with E-state index in [2.05, 4.69) is 12.2 Å². The molecule has 20 heavy (non-hydrogen) atoms. The van der Waals surface area contributed by atoms with Crippen LogP contribution in [0, 0.1) is 5.92 Å². The fraction of sp³-hybridized carbons (Fsp3) is 1.00. The molecule has 0 radical (unpaired) electrons. The van der Waals surface area contributed by atoms with Crippen LogP contribution in [0.1, 0.15) is 32.6 Å². The second-order valence-corrected chi connectivity index (χ2v) is 6.03. The molecule has 0 aliphatic heterocycles. The molecule has 120 valence electrons. The van der Waals surface area contributed by atoms with Gasteiger partial charge in [0, 0.05) is 25.1 Å². The third kappa shape index (κ3) is 7.23. The largest absolute Gasteiger partial charge is 0.382 e. The quantitative estimate of drug-likeness (QED) is 0.470. The van der Waals surface area contributed by atoms with E-state index in [-0.39, 0.29) is 5.54 Å². The Morgan fingerprint density at radius 3 is 2.50 bits per heavy atom. The highest BCUT2D eigenvalue weighted by molar-refractivity contribution is 6.18. The fourth-order valence-electron chi connectivity index (χ4n) is 2.84. The van der Waals surface area contributed by atoms with Crippen LogP contribution in [0.3, 0.4) is 0 Å². The third-order valence-electron chi connectivity index (χ3n) is 3.90. The number of hydrogen-bond acceptors (Lipinski definition) is 4. The van der Waals surface area contributed by atoms with Crippen molar-refractivity contribution in [3.63, 3.8) is 0 Å². The molecule has 0 bridgehead atoms. The molecule has 5 heteroatoms. The molecule has 0 aromatic rings. The first-order valence-electron chi connectivity index (χ1n) is 7.68. The molecule has 1 N–H and O–H groups in total. The lowest BCUT2D eigenvalue weighted by Gasteiger charge is -2.39. The number of hydrogen-bond donors (Lipinski definition) is 1. The minimum atomic E-state index is 0.123. The van der Waals surface area contributed by atoms with E-state index in [1.165, 1.54) is 25.7 Å². The van der Waals surface area contributed by atoms with Crippen molar-refractivity contribution in [2.75, 3.05) is 52.6 Å². The Morgan fingerprint density at radius 1 is 1.15 bits per heavy atom. The van der Waals surface area contributed by atoms with Gasteiger partial charge in [-0.2, -0.15) is 0 Å². The van der Waals surface area contributed by atoms with Crippen LogP contribution < -0.4 is 5.32 Å². The molecule has 0 spiro atoms. The van der Waals surface area contributed by atoms with Crippen LogP contribution in [0.5, 0.6) is 0 Å². The average Bonchev–Trinajstić information content (AvgIpc) is 2.45. The zero-order valence-corrected chi connectivity index (χ0v) is 13.7. The van der Waals surface area contributed by atoms with E-state index in [0.29, 0.717) is 38.9 Å². The SMILES string of the molecule is COCCOCCOCCNC1(CCl)CCCC(C)C1. The van der Waals surface area contributed by atoms with Crippen LogP contribution >= 0.6 is 11.6 Å². The zero-order chi connectivity index (χ0) is 14.7. The lowest BCUT2D eigenvalue weighted by molar-refractivity contribution is 0.0239. The van der Waals surface area contributed by atoms with Gasteiger partial charge in [-0.05, 0) is 18.8 Å². The summed E-state index contributed by atoms with van der Waals surface area (Å²) in [5.74, 6) is 1.46. The van der Waals surface area contributed by atoms with Crippen molar-refractivity contribution in [2.24, 2.45) is 5.92 Å². The molecule has 0 aromatic heterocycles. The number of rotatable bonds is 11. The summed E-state index contributed by atoms with van der Waals surface area (Å²) < 4.78 is 15.8. The summed E-state index contributed by atoms with van der Waals surface area (Å²) in [5.41, 5.74) is 0.123. The van der Waals surface area contributed by atoms with E-state index < -0.39 is 0 Å². The second-order valence-electron chi connectivity index (χ2n) is 5.76. The van der Waals surface area contributed by atoms with Crippen molar-refractivity contribution < 1.29 is 14.2 Å². The van der Waals surface area contributed by atoms with E-state index in [0.717, 1.165) is 12.5 Å². The van der Waals surface area contributed by atoms with Gasteiger partial charge in [0.1, 0.15) is 0 Å². The van der Waals surface area contributed by atoms with Crippen molar-refractivity contribution in [3.05, 3.63) is 0 Å². The standard InChI is InChI=1S/C15H30ClNO3/c1-14-4-3-5-15(12-14,13-16)17-6-7-19-10-11-20-9-8-18-2/h14,17H,3-13H2,1-2H3. The molecule has 1 saturated carbocycles. The Balaban J connectivity index is 2.01. The van der Waals surface area contributed by atoms with Gasteiger partial charge in [-0.15, -0.1) is 11.6 Å². The molecule has 4 nitrogen and oxygen atoms in total. The monoisotopic (exact) mass is 307 g/mol. The van der Waals surface area contributed by atoms with Gasteiger partial charge in [0.05, 0.1) is 33.0 Å². The van der Waals surface area contributed by atoms with Crippen molar-refractivity contribution >= 4 is 11.6 Å². The van der Waals surface area contributed by atoms with Gasteiger partial charge in [0.2, 0.25) is 0 Å². The molecular formula is C15H30ClNO3. The smallest absolute Gasteiger partial charge is 0.0701 e. The topological polar surface area (TPSA) is 39.7 Å². The van der Waals surface area contributed by atoms with Crippen LogP contribution in [0.4, 0.5) is 0 Å². The van der Waals surface area contributed by atoms with Gasteiger partial charge >= 0.3 is 0 Å². The van der Waals surface area contributed by atoms with Crippen molar-refractivity contribution in [1.82, 2.24) is 5.32 Å². The molecule has 0 saturated heterocycles. The van der Waals surface area contributed by atoms with E-state index >= 15 is 0 Å². The Kier molecular flexibility index (Phi) is 9.82. The molecule has 0 aromatic carbocycles. The lowest BCUT2D eigenvalue weighted by atomic mass is 9.77. The molecule has 2 unspecified atom stereocenters. The molecular weight excluding hydrogens is 278 g/mol. The number of methoxy groups -OCH3 is 1. The molecule has 1 aliphatic carbocycles. The summed E-state index contributed by atoms with van der Waals surface area (Å²) in [5, 5.41) is 3.61. The first kappa shape index (κ1) is 18.2. The first-order valence-corrected chi connectivity index (χ1v) is 8.21. The molecule has 1 fully saturated rings. The maximum atomic E-state index is 6.18. The molecule has 0 heterocycles.